The van der Waals surface area contributed by atoms with Gasteiger partial charge in [-0.2, -0.15) is 18.2 Å². The number of amides is 1. The Kier molecular flexibility index (Phi) is 4.25. The third kappa shape index (κ3) is 3.39. The van der Waals surface area contributed by atoms with Gasteiger partial charge in [-0.1, -0.05) is 17.6 Å². The van der Waals surface area contributed by atoms with Crippen molar-refractivity contribution >= 4 is 5.91 Å². The molecule has 24 heavy (non-hydrogen) atoms. The second-order valence-electron chi connectivity index (χ2n) is 5.58. The molecule has 1 saturated carbocycles. The highest BCUT2D eigenvalue weighted by Crippen LogP contribution is 2.30. The van der Waals surface area contributed by atoms with E-state index in [2.05, 4.69) is 20.0 Å². The van der Waals surface area contributed by atoms with Crippen LogP contribution in [0.1, 0.15) is 30.7 Å². The van der Waals surface area contributed by atoms with Gasteiger partial charge in [0.15, 0.2) is 0 Å². The van der Waals surface area contributed by atoms with Crippen molar-refractivity contribution in [2.75, 3.05) is 0 Å². The highest BCUT2D eigenvalue weighted by molar-refractivity contribution is 5.79. The number of halogens is 4. The Morgan fingerprint density at radius 3 is 2.62 bits per heavy atom. The van der Waals surface area contributed by atoms with Crippen molar-refractivity contribution in [2.24, 2.45) is 5.92 Å². The summed E-state index contributed by atoms with van der Waals surface area (Å²) in [5.74, 6) is -2.86. The summed E-state index contributed by atoms with van der Waals surface area (Å²) in [5, 5.41) is 5.85. The molecule has 128 valence electrons. The average molecular weight is 343 g/mol. The predicted octanol–water partition coefficient (Wildman–Crippen LogP) is 3.31. The highest BCUT2D eigenvalue weighted by atomic mass is 19.4. The maximum Gasteiger partial charge on any atom is 0.471 e. The van der Waals surface area contributed by atoms with Crippen LogP contribution >= 0.6 is 0 Å². The molecule has 0 spiro atoms. The Hall–Kier alpha value is -2.45. The summed E-state index contributed by atoms with van der Waals surface area (Å²) < 4.78 is 55.4. The smallest absolute Gasteiger partial charge is 0.352 e. The predicted molar refractivity (Wildman–Crippen MR) is 73.9 cm³/mol. The van der Waals surface area contributed by atoms with Crippen LogP contribution in [-0.2, 0) is 17.5 Å². The van der Waals surface area contributed by atoms with Crippen molar-refractivity contribution in [1.82, 2.24) is 15.5 Å². The normalized spacial score (nSPS) is 15.2. The van der Waals surface area contributed by atoms with Gasteiger partial charge in [-0.15, -0.1) is 0 Å². The quantitative estimate of drug-likeness (QED) is 0.865. The molecule has 9 heteroatoms. The minimum Gasteiger partial charge on any atom is -0.352 e. The third-order valence-corrected chi connectivity index (χ3v) is 3.89. The number of hydrogen-bond donors (Lipinski definition) is 1. The lowest BCUT2D eigenvalue weighted by atomic mass is 9.85. The van der Waals surface area contributed by atoms with Crippen molar-refractivity contribution in [3.8, 4) is 11.4 Å². The first-order chi connectivity index (χ1) is 11.3. The molecule has 1 amide bonds. The highest BCUT2D eigenvalue weighted by Gasteiger charge is 2.38. The van der Waals surface area contributed by atoms with Crippen LogP contribution in [-0.4, -0.2) is 16.0 Å². The fourth-order valence-electron chi connectivity index (χ4n) is 2.30. The molecule has 0 aliphatic heterocycles. The van der Waals surface area contributed by atoms with Crippen LogP contribution in [0.15, 0.2) is 22.7 Å². The van der Waals surface area contributed by atoms with E-state index in [1.165, 1.54) is 12.1 Å². The van der Waals surface area contributed by atoms with Gasteiger partial charge in [0.1, 0.15) is 5.82 Å². The van der Waals surface area contributed by atoms with Crippen molar-refractivity contribution in [1.29, 1.82) is 0 Å². The fourth-order valence-corrected chi connectivity index (χ4v) is 2.30. The van der Waals surface area contributed by atoms with Gasteiger partial charge < -0.3 is 9.84 Å². The maximum atomic E-state index is 14.1. The van der Waals surface area contributed by atoms with Crippen LogP contribution in [0, 0.1) is 11.7 Å². The van der Waals surface area contributed by atoms with Gasteiger partial charge in [0.2, 0.25) is 11.7 Å². The summed E-state index contributed by atoms with van der Waals surface area (Å²) in [6.45, 7) is 0.145. The van der Waals surface area contributed by atoms with E-state index < -0.39 is 23.7 Å². The minimum atomic E-state index is -4.78. The second kappa shape index (κ2) is 6.21. The molecule has 0 saturated heterocycles. The summed E-state index contributed by atoms with van der Waals surface area (Å²) in [4.78, 5) is 14.9. The number of nitrogens with one attached hydrogen (secondary N) is 1. The molecule has 1 fully saturated rings. The van der Waals surface area contributed by atoms with Crippen molar-refractivity contribution in [3.05, 3.63) is 35.5 Å². The molecule has 0 unspecified atom stereocenters. The van der Waals surface area contributed by atoms with E-state index in [9.17, 15) is 22.4 Å². The number of benzene rings is 1. The number of carbonyl (C=O) groups excluding carboxylic acids is 1. The second-order valence-corrected chi connectivity index (χ2v) is 5.58. The van der Waals surface area contributed by atoms with Gasteiger partial charge in [0.05, 0.1) is 5.56 Å². The molecule has 1 aliphatic carbocycles. The fraction of sp³-hybridized carbons (Fsp3) is 0.400. The van der Waals surface area contributed by atoms with E-state index in [-0.39, 0.29) is 23.9 Å². The lowest BCUT2D eigenvalue weighted by Gasteiger charge is -2.24. The zero-order valence-corrected chi connectivity index (χ0v) is 12.4. The van der Waals surface area contributed by atoms with Crippen LogP contribution in [0.4, 0.5) is 17.6 Å². The lowest BCUT2D eigenvalue weighted by Crippen LogP contribution is -2.33. The summed E-state index contributed by atoms with van der Waals surface area (Å²) >= 11 is 0. The minimum absolute atomic E-state index is 0.0224. The van der Waals surface area contributed by atoms with Crippen LogP contribution in [0.2, 0.25) is 0 Å². The van der Waals surface area contributed by atoms with Gasteiger partial charge in [0, 0.05) is 12.5 Å². The molecule has 1 N–H and O–H groups in total. The van der Waals surface area contributed by atoms with E-state index in [0.29, 0.717) is 5.56 Å². The topological polar surface area (TPSA) is 68.0 Å². The first-order valence-electron chi connectivity index (χ1n) is 7.32. The molecule has 2 aromatic rings. The molecular formula is C15H13F4N3O2. The molecule has 1 aliphatic rings. The summed E-state index contributed by atoms with van der Waals surface area (Å²) in [5.41, 5.74) is 0.284. The van der Waals surface area contributed by atoms with Crippen LogP contribution in [0.25, 0.3) is 11.4 Å². The van der Waals surface area contributed by atoms with Crippen molar-refractivity contribution in [3.63, 3.8) is 0 Å². The van der Waals surface area contributed by atoms with Gasteiger partial charge in [-0.25, -0.2) is 4.39 Å². The Morgan fingerprint density at radius 1 is 1.33 bits per heavy atom. The molecule has 0 bridgehead atoms. The zero-order valence-electron chi connectivity index (χ0n) is 12.4. The molecule has 3 rings (SSSR count). The summed E-state index contributed by atoms with van der Waals surface area (Å²) in [7, 11) is 0. The monoisotopic (exact) mass is 343 g/mol. The van der Waals surface area contributed by atoms with Gasteiger partial charge >= 0.3 is 12.1 Å². The number of carbonyl (C=O) groups is 1. The lowest BCUT2D eigenvalue weighted by molar-refractivity contribution is -0.159. The van der Waals surface area contributed by atoms with E-state index in [1.54, 1.807) is 0 Å². The molecule has 1 heterocycles. The SMILES string of the molecule is O=C(NCc1ccc(-c2noc(C(F)(F)F)n2)c(F)c1)C1CCC1. The van der Waals surface area contributed by atoms with E-state index in [4.69, 9.17) is 0 Å². The van der Waals surface area contributed by atoms with Crippen molar-refractivity contribution < 1.29 is 26.9 Å². The Labute approximate surface area is 134 Å². The van der Waals surface area contributed by atoms with Crippen LogP contribution in [0.3, 0.4) is 0 Å². The molecular weight excluding hydrogens is 330 g/mol. The first-order valence-corrected chi connectivity index (χ1v) is 7.32. The van der Waals surface area contributed by atoms with Crippen molar-refractivity contribution in [2.45, 2.75) is 32.0 Å². The summed E-state index contributed by atoms with van der Waals surface area (Å²) in [6, 6.07) is 3.87. The number of nitrogens with zero attached hydrogens (tertiary/aromatic N) is 2. The number of aromatic nitrogens is 2. The van der Waals surface area contributed by atoms with E-state index in [0.717, 1.165) is 25.3 Å². The number of alkyl halides is 3. The Bertz CT molecular complexity index is 753. The molecule has 5 nitrogen and oxygen atoms in total. The molecule has 1 aromatic carbocycles. The molecule has 0 radical (unpaired) electrons. The van der Waals surface area contributed by atoms with Crippen LogP contribution in [0.5, 0.6) is 0 Å². The first kappa shape index (κ1) is 16.4. The summed E-state index contributed by atoms with van der Waals surface area (Å²) in [6.07, 6.45) is -2.03. The van der Waals surface area contributed by atoms with Gasteiger partial charge in [0.25, 0.3) is 0 Å². The third-order valence-electron chi connectivity index (χ3n) is 3.89. The standard InChI is InChI=1S/C15H13F4N3O2/c16-11-6-8(7-20-13(23)9-2-1-3-9)4-5-10(11)12-21-14(24-22-12)15(17,18)19/h4-6,9H,1-3,7H2,(H,20,23). The van der Waals surface area contributed by atoms with E-state index in [1.807, 2.05) is 0 Å². The Morgan fingerprint density at radius 2 is 2.08 bits per heavy atom. The van der Waals surface area contributed by atoms with E-state index >= 15 is 0 Å². The number of hydrogen-bond acceptors (Lipinski definition) is 4. The molecule has 0 atom stereocenters. The average Bonchev–Trinajstić information content (AvgIpc) is 2.93. The largest absolute Gasteiger partial charge is 0.471 e. The molecule has 1 aromatic heterocycles. The Balaban J connectivity index is 1.70. The van der Waals surface area contributed by atoms with Gasteiger partial charge in [-0.05, 0) is 30.5 Å². The number of rotatable bonds is 4. The zero-order chi connectivity index (χ0) is 17.3. The van der Waals surface area contributed by atoms with Gasteiger partial charge in [-0.3, -0.25) is 4.79 Å². The van der Waals surface area contributed by atoms with Crippen LogP contribution < -0.4 is 5.32 Å². The maximum absolute atomic E-state index is 14.1.